The first-order valence-corrected chi connectivity index (χ1v) is 9.92. The molecule has 3 rings (SSSR count). The van der Waals surface area contributed by atoms with Gasteiger partial charge in [-0.3, -0.25) is 4.79 Å². The van der Waals surface area contributed by atoms with Gasteiger partial charge in [-0.15, -0.1) is 0 Å². The molecule has 0 radical (unpaired) electrons. The molecule has 27 heavy (non-hydrogen) atoms. The predicted molar refractivity (Wildman–Crippen MR) is 107 cm³/mol. The zero-order valence-corrected chi connectivity index (χ0v) is 16.0. The van der Waals surface area contributed by atoms with Crippen LogP contribution >= 0.6 is 11.8 Å². The smallest absolute Gasteiger partial charge is 0.230 e. The van der Waals surface area contributed by atoms with Crippen molar-refractivity contribution >= 4 is 17.7 Å². The van der Waals surface area contributed by atoms with E-state index in [4.69, 9.17) is 0 Å². The maximum Gasteiger partial charge on any atom is 0.230 e. The number of nitrogens with zero attached hydrogens (tertiary/aromatic N) is 2. The minimum atomic E-state index is -0.483. The van der Waals surface area contributed by atoms with Crippen LogP contribution in [0.3, 0.4) is 0 Å². The normalized spacial score (nSPS) is 11.9. The molecule has 4 nitrogen and oxygen atoms in total. The number of hydrogen-bond donors (Lipinski definition) is 1. The molecule has 2 aromatic carbocycles. The van der Waals surface area contributed by atoms with Crippen LogP contribution in [-0.4, -0.2) is 27.0 Å². The van der Waals surface area contributed by atoms with Crippen LogP contribution in [0.2, 0.25) is 0 Å². The third-order valence-electron chi connectivity index (χ3n) is 4.22. The van der Waals surface area contributed by atoms with Gasteiger partial charge in [0.2, 0.25) is 5.91 Å². The highest BCUT2D eigenvalue weighted by molar-refractivity contribution is 7.99. The van der Waals surface area contributed by atoms with Gasteiger partial charge in [0.1, 0.15) is 17.7 Å². The van der Waals surface area contributed by atoms with Gasteiger partial charge >= 0.3 is 0 Å². The average molecular weight is 383 g/mol. The molecule has 0 fully saturated rings. The first kappa shape index (κ1) is 19.2. The van der Waals surface area contributed by atoms with E-state index in [-0.39, 0.29) is 11.7 Å². The van der Waals surface area contributed by atoms with Crippen LogP contribution in [0.15, 0.2) is 67.0 Å². The van der Waals surface area contributed by atoms with Crippen molar-refractivity contribution in [2.24, 2.45) is 7.05 Å². The van der Waals surface area contributed by atoms with Gasteiger partial charge in [-0.05, 0) is 35.4 Å². The number of halogens is 1. The number of hydrogen-bond acceptors (Lipinski definition) is 3. The molecular weight excluding hydrogens is 361 g/mol. The molecular formula is C21H22FN3OS. The summed E-state index contributed by atoms with van der Waals surface area (Å²) in [4.78, 5) is 16.8. The van der Waals surface area contributed by atoms with Crippen molar-refractivity contribution < 1.29 is 9.18 Å². The fourth-order valence-electron chi connectivity index (χ4n) is 2.84. The Morgan fingerprint density at radius 1 is 1.22 bits per heavy atom. The summed E-state index contributed by atoms with van der Waals surface area (Å²) in [6.07, 6.45) is 4.40. The van der Waals surface area contributed by atoms with Crippen LogP contribution in [0.25, 0.3) is 0 Å². The van der Waals surface area contributed by atoms with Crippen LogP contribution in [0.5, 0.6) is 0 Å². The zero-order chi connectivity index (χ0) is 19.1. The maximum atomic E-state index is 13.7. The molecule has 1 N–H and O–H groups in total. The average Bonchev–Trinajstić information content (AvgIpc) is 3.10. The first-order valence-electron chi connectivity index (χ1n) is 8.77. The minimum absolute atomic E-state index is 0.0923. The van der Waals surface area contributed by atoms with E-state index in [0.29, 0.717) is 17.1 Å². The van der Waals surface area contributed by atoms with Crippen molar-refractivity contribution in [2.75, 3.05) is 11.5 Å². The number of aromatic nitrogens is 2. The summed E-state index contributed by atoms with van der Waals surface area (Å²) >= 11 is 1.58. The molecule has 0 spiro atoms. The lowest BCUT2D eigenvalue weighted by Gasteiger charge is -2.19. The Morgan fingerprint density at radius 3 is 2.74 bits per heavy atom. The second kappa shape index (κ2) is 9.37. The van der Waals surface area contributed by atoms with E-state index in [2.05, 4.69) is 22.4 Å². The highest BCUT2D eigenvalue weighted by Gasteiger charge is 2.21. The summed E-state index contributed by atoms with van der Waals surface area (Å²) in [6.45, 7) is 0. The number of amides is 1. The third-order valence-corrected chi connectivity index (χ3v) is 5.17. The third kappa shape index (κ3) is 5.44. The number of benzene rings is 2. The summed E-state index contributed by atoms with van der Waals surface area (Å²) in [5.74, 6) is 1.46. The lowest BCUT2D eigenvalue weighted by Crippen LogP contribution is -2.32. The van der Waals surface area contributed by atoms with E-state index in [1.165, 1.54) is 17.7 Å². The number of thioether (sulfide) groups is 1. The van der Waals surface area contributed by atoms with E-state index in [9.17, 15) is 9.18 Å². The Kier molecular flexibility index (Phi) is 6.65. The van der Waals surface area contributed by atoms with E-state index in [0.717, 1.165) is 12.2 Å². The summed E-state index contributed by atoms with van der Waals surface area (Å²) in [6, 6.07) is 16.0. The Balaban J connectivity index is 1.60. The largest absolute Gasteiger partial charge is 0.341 e. The predicted octanol–water partition coefficient (Wildman–Crippen LogP) is 3.74. The number of carbonyl (C=O) groups excluding carboxylic acids is 1. The molecule has 3 aromatic rings. The van der Waals surface area contributed by atoms with E-state index >= 15 is 0 Å². The number of carbonyl (C=O) groups is 1. The molecule has 1 heterocycles. The Morgan fingerprint density at radius 2 is 2.04 bits per heavy atom. The van der Waals surface area contributed by atoms with Gasteiger partial charge < -0.3 is 9.88 Å². The van der Waals surface area contributed by atoms with Gasteiger partial charge in [0, 0.05) is 19.4 Å². The summed E-state index contributed by atoms with van der Waals surface area (Å²) in [5, 5.41) is 2.99. The van der Waals surface area contributed by atoms with Crippen molar-refractivity contribution in [3.8, 4) is 0 Å². The highest BCUT2D eigenvalue weighted by atomic mass is 32.2. The van der Waals surface area contributed by atoms with Gasteiger partial charge in [0.05, 0.1) is 5.75 Å². The molecule has 1 atom stereocenters. The topological polar surface area (TPSA) is 46.9 Å². The summed E-state index contributed by atoms with van der Waals surface area (Å²) in [5.41, 5.74) is 1.93. The van der Waals surface area contributed by atoms with Gasteiger partial charge in [0.15, 0.2) is 0 Å². The molecule has 1 amide bonds. The van der Waals surface area contributed by atoms with Crippen molar-refractivity contribution in [1.82, 2.24) is 14.9 Å². The lowest BCUT2D eigenvalue weighted by atomic mass is 10.1. The van der Waals surface area contributed by atoms with Crippen molar-refractivity contribution in [2.45, 2.75) is 12.5 Å². The Bertz CT molecular complexity index is 882. The number of aryl methyl sites for hydroxylation is 2. The number of rotatable bonds is 8. The fourth-order valence-corrected chi connectivity index (χ4v) is 3.63. The molecule has 0 bridgehead atoms. The second-order valence-electron chi connectivity index (χ2n) is 6.24. The van der Waals surface area contributed by atoms with Crippen LogP contribution in [-0.2, 0) is 18.3 Å². The number of nitrogens with one attached hydrogen (secondary N) is 1. The molecule has 0 saturated carbocycles. The highest BCUT2D eigenvalue weighted by Crippen LogP contribution is 2.21. The molecule has 1 aromatic heterocycles. The molecule has 0 aliphatic heterocycles. The van der Waals surface area contributed by atoms with Crippen LogP contribution < -0.4 is 5.32 Å². The summed E-state index contributed by atoms with van der Waals surface area (Å²) < 4.78 is 15.5. The Hall–Kier alpha value is -2.60. The second-order valence-corrected chi connectivity index (χ2v) is 7.35. The maximum absolute atomic E-state index is 13.7. The molecule has 0 saturated heterocycles. The molecule has 140 valence electrons. The fraction of sp³-hybridized carbons (Fsp3) is 0.238. The molecule has 0 aliphatic rings. The van der Waals surface area contributed by atoms with Gasteiger partial charge in [0.25, 0.3) is 0 Å². The van der Waals surface area contributed by atoms with E-state index < -0.39 is 6.04 Å². The zero-order valence-electron chi connectivity index (χ0n) is 15.1. The van der Waals surface area contributed by atoms with Crippen LogP contribution in [0.4, 0.5) is 4.39 Å². The monoisotopic (exact) mass is 383 g/mol. The SMILES string of the molecule is Cn1ccnc1[C@H](NC(=O)CSCCc1ccccc1)c1cccc(F)c1. The van der Waals surface area contributed by atoms with Gasteiger partial charge in [-0.2, -0.15) is 11.8 Å². The number of imidazole rings is 1. The molecule has 6 heteroatoms. The summed E-state index contributed by atoms with van der Waals surface area (Å²) in [7, 11) is 1.86. The quantitative estimate of drug-likeness (QED) is 0.603. The van der Waals surface area contributed by atoms with Crippen LogP contribution in [0, 0.1) is 5.82 Å². The van der Waals surface area contributed by atoms with Crippen molar-refractivity contribution in [3.05, 3.63) is 89.8 Å². The standard InChI is InChI=1S/C21H22FN3OS/c1-25-12-11-23-21(25)20(17-8-5-9-18(22)14-17)24-19(26)15-27-13-10-16-6-3-2-4-7-16/h2-9,11-12,14,20H,10,13,15H2,1H3,(H,24,26)/t20-/m1/s1. The van der Waals surface area contributed by atoms with Gasteiger partial charge in [-0.25, -0.2) is 9.37 Å². The lowest BCUT2D eigenvalue weighted by molar-refractivity contribution is -0.119. The van der Waals surface area contributed by atoms with Crippen molar-refractivity contribution in [1.29, 1.82) is 0 Å². The molecule has 0 aliphatic carbocycles. The Labute approximate surface area is 162 Å². The molecule has 0 unspecified atom stereocenters. The van der Waals surface area contributed by atoms with Gasteiger partial charge in [-0.1, -0.05) is 42.5 Å². The first-order chi connectivity index (χ1) is 13.1. The van der Waals surface area contributed by atoms with E-state index in [1.54, 1.807) is 30.1 Å². The van der Waals surface area contributed by atoms with Crippen LogP contribution in [0.1, 0.15) is 23.0 Å². The van der Waals surface area contributed by atoms with Crippen molar-refractivity contribution in [3.63, 3.8) is 0 Å². The van der Waals surface area contributed by atoms with E-state index in [1.807, 2.05) is 36.0 Å². The minimum Gasteiger partial charge on any atom is -0.341 e.